The topological polar surface area (TPSA) is 43.4 Å². The number of rotatable bonds is 8. The Morgan fingerprint density at radius 2 is 1.90 bits per heavy atom. The largest absolute Gasteiger partial charge is 0.489 e. The Morgan fingerprint density at radius 1 is 1.19 bits per heavy atom. The molecule has 120 valence electrons. The average molecular weight is 294 g/mol. The van der Waals surface area contributed by atoms with Crippen molar-refractivity contribution >= 4 is 0 Å². The van der Waals surface area contributed by atoms with Gasteiger partial charge in [-0.3, -0.25) is 4.98 Å². The Balaban J connectivity index is 2.52. The molecule has 0 spiro atoms. The van der Waals surface area contributed by atoms with Crippen LogP contribution in [-0.2, 0) is 11.3 Å². The van der Waals surface area contributed by atoms with E-state index in [1.165, 1.54) is 0 Å². The first-order chi connectivity index (χ1) is 9.78. The summed E-state index contributed by atoms with van der Waals surface area (Å²) in [7, 11) is 0. The van der Waals surface area contributed by atoms with Gasteiger partial charge in [0.1, 0.15) is 12.4 Å². The summed E-state index contributed by atoms with van der Waals surface area (Å²) in [6, 6.07) is 3.97. The molecule has 1 aromatic rings. The Kier molecular flexibility index (Phi) is 7.12. The van der Waals surface area contributed by atoms with Crippen LogP contribution in [0.4, 0.5) is 0 Å². The summed E-state index contributed by atoms with van der Waals surface area (Å²) in [5, 5.41) is 3.45. The van der Waals surface area contributed by atoms with Crippen LogP contribution in [0.15, 0.2) is 12.1 Å². The first-order valence-electron chi connectivity index (χ1n) is 7.70. The molecule has 4 nitrogen and oxygen atoms in total. The predicted molar refractivity (Wildman–Crippen MR) is 86.7 cm³/mol. The second-order valence-corrected chi connectivity index (χ2v) is 6.82. The van der Waals surface area contributed by atoms with Crippen molar-refractivity contribution in [2.24, 2.45) is 5.92 Å². The van der Waals surface area contributed by atoms with Crippen LogP contribution in [0.5, 0.6) is 5.75 Å². The van der Waals surface area contributed by atoms with Gasteiger partial charge in [-0.25, -0.2) is 0 Å². The highest BCUT2D eigenvalue weighted by Crippen LogP contribution is 2.17. The van der Waals surface area contributed by atoms with Crippen molar-refractivity contribution in [3.63, 3.8) is 0 Å². The monoisotopic (exact) mass is 294 g/mol. The molecule has 0 saturated heterocycles. The van der Waals surface area contributed by atoms with E-state index in [0.717, 1.165) is 23.7 Å². The van der Waals surface area contributed by atoms with Crippen LogP contribution >= 0.6 is 0 Å². The lowest BCUT2D eigenvalue weighted by Gasteiger charge is -2.21. The van der Waals surface area contributed by atoms with Crippen molar-refractivity contribution in [2.45, 2.75) is 53.6 Å². The van der Waals surface area contributed by atoms with Crippen LogP contribution in [0.1, 0.15) is 46.0 Å². The van der Waals surface area contributed by atoms with Crippen molar-refractivity contribution < 1.29 is 9.47 Å². The summed E-state index contributed by atoms with van der Waals surface area (Å²) in [6.07, 6.45) is 0. The quantitative estimate of drug-likeness (QED) is 0.747. The van der Waals surface area contributed by atoms with Crippen molar-refractivity contribution in [1.82, 2.24) is 10.3 Å². The maximum atomic E-state index is 5.81. The summed E-state index contributed by atoms with van der Waals surface area (Å²) >= 11 is 0. The van der Waals surface area contributed by atoms with Crippen LogP contribution in [0, 0.1) is 12.8 Å². The number of nitrogens with one attached hydrogen (secondary N) is 1. The van der Waals surface area contributed by atoms with Gasteiger partial charge in [0.05, 0.1) is 12.3 Å². The van der Waals surface area contributed by atoms with Crippen LogP contribution in [0.2, 0.25) is 0 Å². The van der Waals surface area contributed by atoms with Crippen LogP contribution in [0.25, 0.3) is 0 Å². The van der Waals surface area contributed by atoms with E-state index in [0.29, 0.717) is 25.7 Å². The number of nitrogens with zero attached hydrogens (tertiary/aromatic N) is 1. The van der Waals surface area contributed by atoms with Crippen LogP contribution in [-0.4, -0.2) is 30.3 Å². The number of hydrogen-bond acceptors (Lipinski definition) is 4. The third-order valence-corrected chi connectivity index (χ3v) is 2.79. The molecule has 0 aliphatic carbocycles. The molecular weight excluding hydrogens is 264 g/mol. The molecule has 1 N–H and O–H groups in total. The van der Waals surface area contributed by atoms with E-state index in [1.807, 2.05) is 19.1 Å². The molecule has 0 unspecified atom stereocenters. The SMILES string of the molecule is Cc1ccc(OCCOCC(C)C)c(CNC(C)(C)C)n1. The van der Waals surface area contributed by atoms with Gasteiger partial charge in [0.2, 0.25) is 0 Å². The third kappa shape index (κ3) is 8.02. The fraction of sp³-hybridized carbons (Fsp3) is 0.706. The van der Waals surface area contributed by atoms with Gasteiger partial charge >= 0.3 is 0 Å². The second kappa shape index (κ2) is 8.35. The van der Waals surface area contributed by atoms with Crippen LogP contribution in [0.3, 0.4) is 0 Å². The minimum absolute atomic E-state index is 0.0586. The smallest absolute Gasteiger partial charge is 0.142 e. The molecule has 21 heavy (non-hydrogen) atoms. The summed E-state index contributed by atoms with van der Waals surface area (Å²) in [5.41, 5.74) is 2.01. The maximum Gasteiger partial charge on any atom is 0.142 e. The van der Waals surface area contributed by atoms with E-state index in [9.17, 15) is 0 Å². The molecule has 1 rings (SSSR count). The molecule has 0 bridgehead atoms. The molecule has 4 heteroatoms. The van der Waals surface area contributed by atoms with E-state index >= 15 is 0 Å². The normalized spacial score (nSPS) is 12.0. The van der Waals surface area contributed by atoms with E-state index in [2.05, 4.69) is 44.9 Å². The first kappa shape index (κ1) is 17.9. The molecule has 0 saturated carbocycles. The standard InChI is InChI=1S/C17H30N2O2/c1-13(2)12-20-9-10-21-16-8-7-14(3)19-15(16)11-18-17(4,5)6/h7-8,13,18H,9-12H2,1-6H3. The molecule has 0 aliphatic heterocycles. The highest BCUT2D eigenvalue weighted by molar-refractivity contribution is 5.29. The van der Waals surface area contributed by atoms with Gasteiger partial charge in [-0.2, -0.15) is 0 Å². The maximum absolute atomic E-state index is 5.81. The van der Waals surface area contributed by atoms with Crippen LogP contribution < -0.4 is 10.1 Å². The molecule has 0 radical (unpaired) electrons. The number of pyridine rings is 1. The highest BCUT2D eigenvalue weighted by atomic mass is 16.5. The third-order valence-electron chi connectivity index (χ3n) is 2.79. The lowest BCUT2D eigenvalue weighted by Crippen LogP contribution is -2.35. The minimum Gasteiger partial charge on any atom is -0.489 e. The van der Waals surface area contributed by atoms with Crippen molar-refractivity contribution in [3.8, 4) is 5.75 Å². The van der Waals surface area contributed by atoms with E-state index in [1.54, 1.807) is 0 Å². The van der Waals surface area contributed by atoms with E-state index in [4.69, 9.17) is 9.47 Å². The van der Waals surface area contributed by atoms with Crippen molar-refractivity contribution in [2.75, 3.05) is 19.8 Å². The molecule has 0 atom stereocenters. The van der Waals surface area contributed by atoms with Crippen molar-refractivity contribution in [3.05, 3.63) is 23.5 Å². The minimum atomic E-state index is 0.0586. The van der Waals surface area contributed by atoms with Gasteiger partial charge in [0, 0.05) is 24.4 Å². The average Bonchev–Trinajstić information content (AvgIpc) is 2.36. The van der Waals surface area contributed by atoms with Gasteiger partial charge in [-0.05, 0) is 45.7 Å². The van der Waals surface area contributed by atoms with Gasteiger partial charge in [-0.1, -0.05) is 13.8 Å². The Bertz CT molecular complexity index is 425. The Labute approximate surface area is 129 Å². The van der Waals surface area contributed by atoms with Gasteiger partial charge in [0.15, 0.2) is 0 Å². The lowest BCUT2D eigenvalue weighted by molar-refractivity contribution is 0.0814. The molecule has 1 aromatic heterocycles. The molecule has 0 aromatic carbocycles. The van der Waals surface area contributed by atoms with E-state index < -0.39 is 0 Å². The zero-order valence-electron chi connectivity index (χ0n) is 14.3. The van der Waals surface area contributed by atoms with Crippen molar-refractivity contribution in [1.29, 1.82) is 0 Å². The Hall–Kier alpha value is -1.13. The zero-order valence-corrected chi connectivity index (χ0v) is 14.3. The zero-order chi connectivity index (χ0) is 15.9. The molecule has 0 fully saturated rings. The first-order valence-corrected chi connectivity index (χ1v) is 7.70. The fourth-order valence-electron chi connectivity index (χ4n) is 1.73. The molecule has 1 heterocycles. The van der Waals surface area contributed by atoms with Gasteiger partial charge < -0.3 is 14.8 Å². The predicted octanol–water partition coefficient (Wildman–Crippen LogP) is 3.33. The molecule has 0 amide bonds. The summed E-state index contributed by atoms with van der Waals surface area (Å²) in [6.45, 7) is 15.3. The molecule has 0 aliphatic rings. The number of ether oxygens (including phenoxy) is 2. The second-order valence-electron chi connectivity index (χ2n) is 6.82. The number of aromatic nitrogens is 1. The summed E-state index contributed by atoms with van der Waals surface area (Å²) in [4.78, 5) is 4.58. The fourth-order valence-corrected chi connectivity index (χ4v) is 1.73. The summed E-state index contributed by atoms with van der Waals surface area (Å²) < 4.78 is 11.3. The van der Waals surface area contributed by atoms with E-state index in [-0.39, 0.29) is 5.54 Å². The Morgan fingerprint density at radius 3 is 2.52 bits per heavy atom. The van der Waals surface area contributed by atoms with Gasteiger partial charge in [-0.15, -0.1) is 0 Å². The number of aryl methyl sites for hydroxylation is 1. The molecular formula is C17H30N2O2. The van der Waals surface area contributed by atoms with Gasteiger partial charge in [0.25, 0.3) is 0 Å². The number of hydrogen-bond donors (Lipinski definition) is 1. The lowest BCUT2D eigenvalue weighted by atomic mass is 10.1. The highest BCUT2D eigenvalue weighted by Gasteiger charge is 2.12. The summed E-state index contributed by atoms with van der Waals surface area (Å²) in [5.74, 6) is 1.39.